The molecule has 2 fully saturated rings. The number of aromatic nitrogens is 1. The molecule has 0 spiro atoms. The number of amides is 1. The SMILES string of the molecule is Bc1cc(F)ccc1CN1CCN(C(=O)C2CCN(Cc3ccncc3)CC2)CC1. The van der Waals surface area contributed by atoms with Gasteiger partial charge in [-0.05, 0) is 61.3 Å². The van der Waals surface area contributed by atoms with Gasteiger partial charge in [-0.15, -0.1) is 0 Å². The van der Waals surface area contributed by atoms with Crippen LogP contribution in [0.5, 0.6) is 0 Å². The lowest BCUT2D eigenvalue weighted by Gasteiger charge is -2.38. The first-order valence-corrected chi connectivity index (χ1v) is 11.0. The number of likely N-dealkylation sites (tertiary alicyclic amines) is 1. The minimum atomic E-state index is -0.182. The number of piperazine rings is 1. The molecule has 1 amide bonds. The minimum Gasteiger partial charge on any atom is -0.340 e. The molecule has 0 unspecified atom stereocenters. The summed E-state index contributed by atoms with van der Waals surface area (Å²) >= 11 is 0. The number of pyridine rings is 1. The highest BCUT2D eigenvalue weighted by atomic mass is 19.1. The number of hydrogen-bond donors (Lipinski definition) is 0. The van der Waals surface area contributed by atoms with Gasteiger partial charge in [0, 0.05) is 57.6 Å². The van der Waals surface area contributed by atoms with E-state index in [9.17, 15) is 9.18 Å². The van der Waals surface area contributed by atoms with E-state index in [2.05, 4.69) is 31.8 Å². The lowest BCUT2D eigenvalue weighted by atomic mass is 9.90. The van der Waals surface area contributed by atoms with Gasteiger partial charge in [0.2, 0.25) is 5.91 Å². The van der Waals surface area contributed by atoms with E-state index in [0.717, 1.165) is 76.2 Å². The number of carbonyl (C=O) groups is 1. The van der Waals surface area contributed by atoms with E-state index in [1.165, 1.54) is 11.6 Å². The fourth-order valence-corrected chi connectivity index (χ4v) is 4.55. The molecule has 2 aromatic rings. The van der Waals surface area contributed by atoms with Crippen molar-refractivity contribution in [3.8, 4) is 0 Å². The fourth-order valence-electron chi connectivity index (χ4n) is 4.55. The third kappa shape index (κ3) is 5.26. The molecule has 30 heavy (non-hydrogen) atoms. The van der Waals surface area contributed by atoms with Crippen LogP contribution in [0.2, 0.25) is 0 Å². The van der Waals surface area contributed by atoms with Gasteiger partial charge in [0.1, 0.15) is 13.7 Å². The maximum absolute atomic E-state index is 13.3. The molecule has 0 saturated carbocycles. The van der Waals surface area contributed by atoms with Crippen molar-refractivity contribution in [3.05, 3.63) is 59.7 Å². The zero-order valence-electron chi connectivity index (χ0n) is 17.8. The summed E-state index contributed by atoms with van der Waals surface area (Å²) in [5, 5.41) is 0. The van der Waals surface area contributed by atoms with Crippen LogP contribution in [-0.2, 0) is 17.9 Å². The molecule has 0 aliphatic carbocycles. The first-order chi connectivity index (χ1) is 14.6. The molecular formula is C23H30BFN4O. The lowest BCUT2D eigenvalue weighted by molar-refractivity contribution is -0.139. The number of rotatable bonds is 5. The molecule has 2 aliphatic heterocycles. The van der Waals surface area contributed by atoms with Crippen LogP contribution in [0, 0.1) is 11.7 Å². The minimum absolute atomic E-state index is 0.157. The standard InChI is InChI=1S/C23H30BFN4O/c24-22-15-21(25)2-1-20(22)17-28-11-13-29(14-12-28)23(30)19-5-9-27(10-6-19)16-18-3-7-26-8-4-18/h1-4,7-8,15,19H,5-6,9-14,16-17,24H2. The Morgan fingerprint density at radius 3 is 2.30 bits per heavy atom. The van der Waals surface area contributed by atoms with E-state index in [-0.39, 0.29) is 11.7 Å². The Bertz CT molecular complexity index is 850. The Balaban J connectivity index is 1.22. The normalized spacial score (nSPS) is 19.2. The van der Waals surface area contributed by atoms with E-state index in [4.69, 9.17) is 0 Å². The van der Waals surface area contributed by atoms with Crippen LogP contribution in [0.4, 0.5) is 4.39 Å². The summed E-state index contributed by atoms with van der Waals surface area (Å²) in [5.74, 6) is 0.305. The van der Waals surface area contributed by atoms with E-state index >= 15 is 0 Å². The second kappa shape index (κ2) is 9.71. The summed E-state index contributed by atoms with van der Waals surface area (Å²) in [6, 6.07) is 9.12. The number of benzene rings is 1. The van der Waals surface area contributed by atoms with Crippen LogP contribution in [0.25, 0.3) is 0 Å². The predicted octanol–water partition coefficient (Wildman–Crippen LogP) is 1.04. The summed E-state index contributed by atoms with van der Waals surface area (Å²) in [6.07, 6.45) is 5.56. The topological polar surface area (TPSA) is 39.7 Å². The van der Waals surface area contributed by atoms with Crippen molar-refractivity contribution in [1.82, 2.24) is 19.7 Å². The molecule has 0 bridgehead atoms. The molecule has 158 valence electrons. The quantitative estimate of drug-likeness (QED) is 0.694. The Hall–Kier alpha value is -2.25. The molecular weight excluding hydrogens is 378 g/mol. The number of halogens is 1. The average Bonchev–Trinajstić information content (AvgIpc) is 2.77. The molecule has 3 heterocycles. The fraction of sp³-hybridized carbons (Fsp3) is 0.478. The highest BCUT2D eigenvalue weighted by Gasteiger charge is 2.30. The largest absolute Gasteiger partial charge is 0.340 e. The van der Waals surface area contributed by atoms with Crippen LogP contribution in [0.15, 0.2) is 42.7 Å². The van der Waals surface area contributed by atoms with E-state index in [0.29, 0.717) is 5.91 Å². The van der Waals surface area contributed by atoms with Crippen molar-refractivity contribution in [2.75, 3.05) is 39.3 Å². The van der Waals surface area contributed by atoms with E-state index in [1.807, 2.05) is 26.3 Å². The van der Waals surface area contributed by atoms with Gasteiger partial charge in [0.25, 0.3) is 0 Å². The maximum atomic E-state index is 13.3. The van der Waals surface area contributed by atoms with Gasteiger partial charge < -0.3 is 4.90 Å². The summed E-state index contributed by atoms with van der Waals surface area (Å²) in [4.78, 5) is 23.9. The molecule has 0 N–H and O–H groups in total. The first kappa shape index (κ1) is 21.0. The third-order valence-corrected chi connectivity index (χ3v) is 6.47. The number of carbonyl (C=O) groups excluding carboxylic acids is 1. The zero-order valence-corrected chi connectivity index (χ0v) is 17.8. The molecule has 7 heteroatoms. The third-order valence-electron chi connectivity index (χ3n) is 6.47. The van der Waals surface area contributed by atoms with Crippen molar-refractivity contribution >= 4 is 19.2 Å². The van der Waals surface area contributed by atoms with E-state index < -0.39 is 0 Å². The van der Waals surface area contributed by atoms with Gasteiger partial charge in [-0.25, -0.2) is 4.39 Å². The van der Waals surface area contributed by atoms with Gasteiger partial charge in [-0.2, -0.15) is 0 Å². The molecule has 1 aromatic heterocycles. The maximum Gasteiger partial charge on any atom is 0.225 e. The van der Waals surface area contributed by atoms with Gasteiger partial charge >= 0.3 is 0 Å². The Kier molecular flexibility index (Phi) is 6.80. The Morgan fingerprint density at radius 1 is 0.967 bits per heavy atom. The van der Waals surface area contributed by atoms with Crippen LogP contribution < -0.4 is 5.46 Å². The molecule has 5 nitrogen and oxygen atoms in total. The van der Waals surface area contributed by atoms with Crippen LogP contribution in [-0.4, -0.2) is 72.7 Å². The molecule has 0 atom stereocenters. The van der Waals surface area contributed by atoms with Crippen molar-refractivity contribution in [3.63, 3.8) is 0 Å². The summed E-state index contributed by atoms with van der Waals surface area (Å²) in [5.41, 5.74) is 3.44. The molecule has 1 aromatic carbocycles. The van der Waals surface area contributed by atoms with Crippen molar-refractivity contribution in [2.24, 2.45) is 5.92 Å². The van der Waals surface area contributed by atoms with Crippen molar-refractivity contribution in [2.45, 2.75) is 25.9 Å². The summed E-state index contributed by atoms with van der Waals surface area (Å²) in [7, 11) is 1.96. The van der Waals surface area contributed by atoms with E-state index in [1.54, 1.807) is 6.07 Å². The van der Waals surface area contributed by atoms with Crippen molar-refractivity contribution in [1.29, 1.82) is 0 Å². The molecule has 2 saturated heterocycles. The molecule has 2 aliphatic rings. The van der Waals surface area contributed by atoms with Gasteiger partial charge in [0.15, 0.2) is 0 Å². The number of piperidine rings is 1. The van der Waals surface area contributed by atoms with Gasteiger partial charge in [-0.3, -0.25) is 19.6 Å². The zero-order chi connectivity index (χ0) is 20.9. The smallest absolute Gasteiger partial charge is 0.225 e. The summed E-state index contributed by atoms with van der Waals surface area (Å²) < 4.78 is 13.3. The Morgan fingerprint density at radius 2 is 1.63 bits per heavy atom. The van der Waals surface area contributed by atoms with Crippen LogP contribution >= 0.6 is 0 Å². The van der Waals surface area contributed by atoms with Crippen molar-refractivity contribution < 1.29 is 9.18 Å². The highest BCUT2D eigenvalue weighted by Crippen LogP contribution is 2.22. The number of nitrogens with zero attached hydrogens (tertiary/aromatic N) is 4. The predicted molar refractivity (Wildman–Crippen MR) is 119 cm³/mol. The number of hydrogen-bond acceptors (Lipinski definition) is 4. The van der Waals surface area contributed by atoms with Crippen LogP contribution in [0.3, 0.4) is 0 Å². The average molecular weight is 408 g/mol. The van der Waals surface area contributed by atoms with Gasteiger partial charge in [-0.1, -0.05) is 11.5 Å². The first-order valence-electron chi connectivity index (χ1n) is 11.0. The highest BCUT2D eigenvalue weighted by molar-refractivity contribution is 6.33. The molecule has 4 rings (SSSR count). The summed E-state index contributed by atoms with van der Waals surface area (Å²) in [6.45, 7) is 7.04. The molecule has 0 radical (unpaired) electrons. The second-order valence-electron chi connectivity index (χ2n) is 8.58. The lowest BCUT2D eigenvalue weighted by Crippen LogP contribution is -2.51. The monoisotopic (exact) mass is 408 g/mol. The van der Waals surface area contributed by atoms with Gasteiger partial charge in [0.05, 0.1) is 0 Å². The Labute approximate surface area is 179 Å². The second-order valence-corrected chi connectivity index (χ2v) is 8.58. The van der Waals surface area contributed by atoms with Crippen LogP contribution in [0.1, 0.15) is 24.0 Å².